The first-order valence-electron chi connectivity index (χ1n) is 8.34. The molecule has 1 aliphatic rings. The van der Waals surface area contributed by atoms with Gasteiger partial charge in [-0.15, -0.1) is 0 Å². The van der Waals surface area contributed by atoms with Crippen molar-refractivity contribution >= 4 is 11.6 Å². The Labute approximate surface area is 144 Å². The van der Waals surface area contributed by atoms with Crippen molar-refractivity contribution in [2.24, 2.45) is 21.6 Å². The zero-order valence-electron chi connectivity index (χ0n) is 15.4. The maximum Gasteiger partial charge on any atom is 0.231 e. The number of nitrogens with two attached hydrogens (primary N) is 1. The lowest BCUT2D eigenvalue weighted by molar-refractivity contribution is 0.174. The van der Waals surface area contributed by atoms with Gasteiger partial charge in [-0.2, -0.15) is 0 Å². The van der Waals surface area contributed by atoms with Crippen LogP contribution >= 0.6 is 0 Å². The number of anilines is 1. The van der Waals surface area contributed by atoms with Gasteiger partial charge in [-0.3, -0.25) is 4.99 Å². The van der Waals surface area contributed by atoms with E-state index in [1.165, 1.54) is 0 Å². The van der Waals surface area contributed by atoms with Crippen molar-refractivity contribution < 1.29 is 9.47 Å². The molecule has 0 spiro atoms. The Hall–Kier alpha value is -1.95. The summed E-state index contributed by atoms with van der Waals surface area (Å²) in [6.45, 7) is 13.1. The van der Waals surface area contributed by atoms with E-state index >= 15 is 0 Å². The molecule has 0 bridgehead atoms. The summed E-state index contributed by atoms with van der Waals surface area (Å²) in [7, 11) is 0. The Balaban J connectivity index is 2.10. The number of rotatable bonds is 5. The smallest absolute Gasteiger partial charge is 0.231 e. The summed E-state index contributed by atoms with van der Waals surface area (Å²) >= 11 is 0. The predicted octanol–water partition coefficient (Wildman–Crippen LogP) is 2.80. The standard InChI is InChI=1S/C18H30N4O2/c1-17(2,3)10-20-16(21-11-18(4,5)9-19)22-13-6-7-14-15(8-13)24-12-23-14/h6-8H,9-12,19H2,1-5H3,(H2,20,21,22). The molecule has 2 rings (SSSR count). The minimum absolute atomic E-state index is 0.000924. The number of hydrogen-bond acceptors (Lipinski definition) is 4. The van der Waals surface area contributed by atoms with Crippen molar-refractivity contribution in [1.29, 1.82) is 0 Å². The Morgan fingerprint density at radius 2 is 1.88 bits per heavy atom. The SMILES string of the molecule is CC(C)(C)CN=C(NCC(C)(C)CN)Nc1ccc2c(c1)OCO2. The fraction of sp³-hybridized carbons (Fsp3) is 0.611. The van der Waals surface area contributed by atoms with Gasteiger partial charge in [-0.1, -0.05) is 34.6 Å². The largest absolute Gasteiger partial charge is 0.454 e. The second-order valence-corrected chi connectivity index (χ2v) is 8.14. The fourth-order valence-electron chi connectivity index (χ4n) is 1.96. The van der Waals surface area contributed by atoms with E-state index in [1.54, 1.807) is 0 Å². The van der Waals surface area contributed by atoms with Crippen LogP contribution in [0.4, 0.5) is 5.69 Å². The van der Waals surface area contributed by atoms with E-state index in [0.29, 0.717) is 6.54 Å². The molecule has 0 saturated carbocycles. The summed E-state index contributed by atoms with van der Waals surface area (Å²) in [6, 6.07) is 5.77. The molecule has 134 valence electrons. The maximum absolute atomic E-state index is 5.82. The molecule has 1 aromatic rings. The van der Waals surface area contributed by atoms with Gasteiger partial charge >= 0.3 is 0 Å². The van der Waals surface area contributed by atoms with Gasteiger partial charge in [0.25, 0.3) is 0 Å². The van der Waals surface area contributed by atoms with Crippen LogP contribution in [0.25, 0.3) is 0 Å². The van der Waals surface area contributed by atoms with Crippen LogP contribution < -0.4 is 25.8 Å². The zero-order chi connectivity index (χ0) is 17.8. The molecule has 0 saturated heterocycles. The van der Waals surface area contributed by atoms with Crippen LogP contribution in [0.1, 0.15) is 34.6 Å². The van der Waals surface area contributed by atoms with Crippen LogP contribution in [0.15, 0.2) is 23.2 Å². The summed E-state index contributed by atoms with van der Waals surface area (Å²) in [6.07, 6.45) is 0. The van der Waals surface area contributed by atoms with Crippen molar-refractivity contribution in [2.45, 2.75) is 34.6 Å². The number of guanidine groups is 1. The van der Waals surface area contributed by atoms with Gasteiger partial charge in [0.1, 0.15) is 0 Å². The number of hydrogen-bond donors (Lipinski definition) is 3. The van der Waals surface area contributed by atoms with Crippen LogP contribution in [-0.4, -0.2) is 32.4 Å². The average Bonchev–Trinajstić information content (AvgIpc) is 2.97. The molecule has 0 amide bonds. The Morgan fingerprint density at radius 1 is 1.17 bits per heavy atom. The second-order valence-electron chi connectivity index (χ2n) is 8.14. The number of ether oxygens (including phenoxy) is 2. The van der Waals surface area contributed by atoms with Gasteiger partial charge in [0.2, 0.25) is 6.79 Å². The molecular weight excluding hydrogens is 304 g/mol. The summed E-state index contributed by atoms with van der Waals surface area (Å²) in [5.41, 5.74) is 6.84. The van der Waals surface area contributed by atoms with Crippen molar-refractivity contribution in [3.05, 3.63) is 18.2 Å². The molecule has 0 radical (unpaired) electrons. The molecule has 24 heavy (non-hydrogen) atoms. The second kappa shape index (κ2) is 7.30. The molecule has 0 aromatic heterocycles. The minimum Gasteiger partial charge on any atom is -0.454 e. The van der Waals surface area contributed by atoms with E-state index in [-0.39, 0.29) is 17.6 Å². The molecule has 6 heteroatoms. The molecule has 1 aromatic carbocycles. The van der Waals surface area contributed by atoms with E-state index in [9.17, 15) is 0 Å². The lowest BCUT2D eigenvalue weighted by Crippen LogP contribution is -2.41. The van der Waals surface area contributed by atoms with E-state index in [0.717, 1.165) is 36.2 Å². The molecule has 0 unspecified atom stereocenters. The summed E-state index contributed by atoms with van der Waals surface area (Å²) in [5.74, 6) is 2.26. The molecule has 1 heterocycles. The quantitative estimate of drug-likeness (QED) is 0.570. The molecule has 1 aliphatic heterocycles. The van der Waals surface area contributed by atoms with Gasteiger partial charge < -0.3 is 25.8 Å². The minimum atomic E-state index is -0.000924. The summed E-state index contributed by atoms with van der Waals surface area (Å²) < 4.78 is 10.8. The molecule has 4 N–H and O–H groups in total. The van der Waals surface area contributed by atoms with Crippen LogP contribution in [0.2, 0.25) is 0 Å². The predicted molar refractivity (Wildman–Crippen MR) is 98.8 cm³/mol. The highest BCUT2D eigenvalue weighted by atomic mass is 16.7. The molecule has 0 atom stereocenters. The Bertz CT molecular complexity index is 591. The third kappa shape index (κ3) is 5.60. The first-order valence-corrected chi connectivity index (χ1v) is 8.34. The van der Waals surface area contributed by atoms with E-state index in [1.807, 2.05) is 18.2 Å². The number of fused-ring (bicyclic) bond motifs is 1. The van der Waals surface area contributed by atoms with Crippen LogP contribution in [0.5, 0.6) is 11.5 Å². The summed E-state index contributed by atoms with van der Waals surface area (Å²) in [5, 5.41) is 6.73. The maximum atomic E-state index is 5.82. The molecule has 0 fully saturated rings. The van der Waals surface area contributed by atoms with Crippen molar-refractivity contribution in [2.75, 3.05) is 31.7 Å². The number of nitrogens with zero attached hydrogens (tertiary/aromatic N) is 1. The third-order valence-electron chi connectivity index (χ3n) is 3.63. The Kier molecular flexibility index (Phi) is 5.59. The van der Waals surface area contributed by atoms with Crippen LogP contribution in [0, 0.1) is 10.8 Å². The van der Waals surface area contributed by atoms with Crippen LogP contribution in [-0.2, 0) is 0 Å². The van der Waals surface area contributed by atoms with Gasteiger partial charge in [-0.25, -0.2) is 0 Å². The van der Waals surface area contributed by atoms with Gasteiger partial charge in [0.05, 0.1) is 0 Å². The fourth-order valence-corrected chi connectivity index (χ4v) is 1.96. The van der Waals surface area contributed by atoms with E-state index in [2.05, 4.69) is 45.3 Å². The normalized spacial score (nSPS) is 14.7. The first-order chi connectivity index (χ1) is 11.2. The van der Waals surface area contributed by atoms with E-state index < -0.39 is 0 Å². The van der Waals surface area contributed by atoms with Crippen molar-refractivity contribution in [1.82, 2.24) is 5.32 Å². The highest BCUT2D eigenvalue weighted by Gasteiger charge is 2.18. The topological polar surface area (TPSA) is 80.9 Å². The lowest BCUT2D eigenvalue weighted by atomic mass is 9.94. The zero-order valence-corrected chi connectivity index (χ0v) is 15.4. The van der Waals surface area contributed by atoms with Crippen LogP contribution in [0.3, 0.4) is 0 Å². The summed E-state index contributed by atoms with van der Waals surface area (Å²) in [4.78, 5) is 4.70. The van der Waals surface area contributed by atoms with Gasteiger partial charge in [0.15, 0.2) is 17.5 Å². The molecular formula is C18H30N4O2. The Morgan fingerprint density at radius 3 is 2.54 bits per heavy atom. The monoisotopic (exact) mass is 334 g/mol. The number of benzene rings is 1. The van der Waals surface area contributed by atoms with Crippen molar-refractivity contribution in [3.63, 3.8) is 0 Å². The highest BCUT2D eigenvalue weighted by Crippen LogP contribution is 2.34. The van der Waals surface area contributed by atoms with Crippen molar-refractivity contribution in [3.8, 4) is 11.5 Å². The van der Waals surface area contributed by atoms with Gasteiger partial charge in [0, 0.05) is 24.8 Å². The molecule has 6 nitrogen and oxygen atoms in total. The molecule has 0 aliphatic carbocycles. The average molecular weight is 334 g/mol. The lowest BCUT2D eigenvalue weighted by Gasteiger charge is -2.25. The number of nitrogens with one attached hydrogen (secondary N) is 2. The number of aliphatic imine (C=N–C) groups is 1. The third-order valence-corrected chi connectivity index (χ3v) is 3.63. The first kappa shape index (κ1) is 18.4. The van der Waals surface area contributed by atoms with Gasteiger partial charge in [-0.05, 0) is 29.5 Å². The highest BCUT2D eigenvalue weighted by molar-refractivity contribution is 5.94. The van der Waals surface area contributed by atoms with E-state index in [4.69, 9.17) is 20.2 Å².